The van der Waals surface area contributed by atoms with Crippen molar-refractivity contribution in [1.82, 2.24) is 5.32 Å². The van der Waals surface area contributed by atoms with Crippen molar-refractivity contribution in [2.24, 2.45) is 11.8 Å². The van der Waals surface area contributed by atoms with Crippen LogP contribution in [0.5, 0.6) is 0 Å². The summed E-state index contributed by atoms with van der Waals surface area (Å²) in [6, 6.07) is 0. The Hall–Kier alpha value is -0.0800. The molecule has 1 saturated carbocycles. The van der Waals surface area contributed by atoms with Crippen molar-refractivity contribution >= 4 is 0 Å². The number of ether oxygens (including phenoxy) is 1. The average molecular weight is 269 g/mol. The SMILES string of the molecule is CCCCOCCC(CNC(C)(C)C)C1CCCC1. The summed E-state index contributed by atoms with van der Waals surface area (Å²) in [5.74, 6) is 1.74. The van der Waals surface area contributed by atoms with Crippen LogP contribution in [-0.4, -0.2) is 25.3 Å². The zero-order valence-corrected chi connectivity index (χ0v) is 13.6. The van der Waals surface area contributed by atoms with Gasteiger partial charge in [-0.1, -0.05) is 39.0 Å². The van der Waals surface area contributed by atoms with E-state index in [0.29, 0.717) is 0 Å². The third-order valence-electron chi connectivity index (χ3n) is 4.24. The van der Waals surface area contributed by atoms with Gasteiger partial charge in [0.25, 0.3) is 0 Å². The first-order chi connectivity index (χ1) is 9.03. The van der Waals surface area contributed by atoms with E-state index >= 15 is 0 Å². The second-order valence-corrected chi connectivity index (χ2v) is 7.19. The van der Waals surface area contributed by atoms with E-state index in [-0.39, 0.29) is 5.54 Å². The molecule has 1 aliphatic carbocycles. The number of hydrogen-bond acceptors (Lipinski definition) is 2. The first-order valence-electron chi connectivity index (χ1n) is 8.35. The molecule has 2 heteroatoms. The van der Waals surface area contributed by atoms with Gasteiger partial charge in [-0.2, -0.15) is 0 Å². The molecule has 0 heterocycles. The highest BCUT2D eigenvalue weighted by Crippen LogP contribution is 2.33. The van der Waals surface area contributed by atoms with E-state index in [2.05, 4.69) is 33.0 Å². The van der Waals surface area contributed by atoms with Crippen molar-refractivity contribution in [3.63, 3.8) is 0 Å². The second kappa shape index (κ2) is 8.97. The molecule has 1 unspecified atom stereocenters. The summed E-state index contributed by atoms with van der Waals surface area (Å²) in [7, 11) is 0. The maximum absolute atomic E-state index is 5.77. The predicted octanol–water partition coefficient (Wildman–Crippen LogP) is 4.39. The van der Waals surface area contributed by atoms with Gasteiger partial charge in [0.2, 0.25) is 0 Å². The summed E-state index contributed by atoms with van der Waals surface area (Å²) < 4.78 is 5.77. The molecule has 0 spiro atoms. The molecule has 0 aromatic rings. The lowest BCUT2D eigenvalue weighted by Gasteiger charge is -2.29. The van der Waals surface area contributed by atoms with Crippen LogP contribution in [0, 0.1) is 11.8 Å². The van der Waals surface area contributed by atoms with Crippen LogP contribution >= 0.6 is 0 Å². The monoisotopic (exact) mass is 269 g/mol. The number of unbranched alkanes of at least 4 members (excludes halogenated alkanes) is 1. The fourth-order valence-corrected chi connectivity index (χ4v) is 2.95. The lowest BCUT2D eigenvalue weighted by Crippen LogP contribution is -2.40. The number of nitrogens with one attached hydrogen (secondary N) is 1. The summed E-state index contributed by atoms with van der Waals surface area (Å²) in [5.41, 5.74) is 0.236. The van der Waals surface area contributed by atoms with Gasteiger partial charge in [-0.05, 0) is 52.0 Å². The van der Waals surface area contributed by atoms with Crippen molar-refractivity contribution in [2.75, 3.05) is 19.8 Å². The van der Waals surface area contributed by atoms with Crippen LogP contribution < -0.4 is 5.32 Å². The zero-order chi connectivity index (χ0) is 14.1. The van der Waals surface area contributed by atoms with Crippen LogP contribution in [0.2, 0.25) is 0 Å². The van der Waals surface area contributed by atoms with E-state index in [1.807, 2.05) is 0 Å². The molecule has 1 fully saturated rings. The van der Waals surface area contributed by atoms with Gasteiger partial charge in [-0.15, -0.1) is 0 Å². The quantitative estimate of drug-likeness (QED) is 0.627. The van der Waals surface area contributed by atoms with Gasteiger partial charge in [0.05, 0.1) is 0 Å². The van der Waals surface area contributed by atoms with E-state index < -0.39 is 0 Å². The summed E-state index contributed by atoms with van der Waals surface area (Å²) in [6.45, 7) is 12.1. The molecule has 1 aliphatic rings. The van der Waals surface area contributed by atoms with Crippen molar-refractivity contribution in [3.05, 3.63) is 0 Å². The fraction of sp³-hybridized carbons (Fsp3) is 1.00. The van der Waals surface area contributed by atoms with Crippen LogP contribution in [0.25, 0.3) is 0 Å². The minimum Gasteiger partial charge on any atom is -0.381 e. The summed E-state index contributed by atoms with van der Waals surface area (Å²) >= 11 is 0. The maximum Gasteiger partial charge on any atom is 0.0469 e. The standard InChI is InChI=1S/C17H35NO/c1-5-6-12-19-13-11-16(14-18-17(2,3)4)15-9-7-8-10-15/h15-16,18H,5-14H2,1-4H3. The van der Waals surface area contributed by atoms with Crippen LogP contribution in [0.1, 0.15) is 72.6 Å². The Morgan fingerprint density at radius 2 is 1.84 bits per heavy atom. The van der Waals surface area contributed by atoms with Gasteiger partial charge in [0.1, 0.15) is 0 Å². The molecule has 0 amide bonds. The Bertz CT molecular complexity index is 216. The number of hydrogen-bond donors (Lipinski definition) is 1. The molecule has 2 nitrogen and oxygen atoms in total. The molecule has 0 saturated heterocycles. The molecule has 1 atom stereocenters. The molecule has 0 radical (unpaired) electrons. The van der Waals surface area contributed by atoms with Gasteiger partial charge < -0.3 is 10.1 Å². The summed E-state index contributed by atoms with van der Waals surface area (Å²) in [6.07, 6.45) is 9.42. The zero-order valence-electron chi connectivity index (χ0n) is 13.6. The van der Waals surface area contributed by atoms with Crippen molar-refractivity contribution < 1.29 is 4.74 Å². The molecule has 0 aliphatic heterocycles. The fourth-order valence-electron chi connectivity index (χ4n) is 2.95. The minimum atomic E-state index is 0.236. The molecule has 0 bridgehead atoms. The minimum absolute atomic E-state index is 0.236. The topological polar surface area (TPSA) is 21.3 Å². The van der Waals surface area contributed by atoms with E-state index in [4.69, 9.17) is 4.74 Å². The normalized spacial score (nSPS) is 18.9. The first-order valence-corrected chi connectivity index (χ1v) is 8.35. The maximum atomic E-state index is 5.77. The van der Waals surface area contributed by atoms with Gasteiger partial charge >= 0.3 is 0 Å². The highest BCUT2D eigenvalue weighted by atomic mass is 16.5. The van der Waals surface area contributed by atoms with Gasteiger partial charge in [-0.25, -0.2) is 0 Å². The first kappa shape index (κ1) is 17.0. The highest BCUT2D eigenvalue weighted by Gasteiger charge is 2.25. The smallest absolute Gasteiger partial charge is 0.0469 e. The Morgan fingerprint density at radius 1 is 1.16 bits per heavy atom. The van der Waals surface area contributed by atoms with Gasteiger partial charge in [-0.3, -0.25) is 0 Å². The van der Waals surface area contributed by atoms with Crippen LogP contribution in [0.3, 0.4) is 0 Å². The van der Waals surface area contributed by atoms with Crippen LogP contribution in [0.15, 0.2) is 0 Å². The van der Waals surface area contributed by atoms with Crippen molar-refractivity contribution in [1.29, 1.82) is 0 Å². The molecule has 1 rings (SSSR count). The summed E-state index contributed by atoms with van der Waals surface area (Å²) in [5, 5.41) is 3.70. The Balaban J connectivity index is 2.27. The lowest BCUT2D eigenvalue weighted by atomic mass is 9.87. The van der Waals surface area contributed by atoms with Gasteiger partial charge in [0, 0.05) is 18.8 Å². The predicted molar refractivity (Wildman–Crippen MR) is 83.5 cm³/mol. The molecule has 114 valence electrons. The van der Waals surface area contributed by atoms with Gasteiger partial charge in [0.15, 0.2) is 0 Å². The van der Waals surface area contributed by atoms with E-state index in [1.165, 1.54) is 44.9 Å². The lowest BCUT2D eigenvalue weighted by molar-refractivity contribution is 0.106. The highest BCUT2D eigenvalue weighted by molar-refractivity contribution is 4.80. The molecular weight excluding hydrogens is 234 g/mol. The van der Waals surface area contributed by atoms with Crippen molar-refractivity contribution in [3.8, 4) is 0 Å². The van der Waals surface area contributed by atoms with Crippen LogP contribution in [-0.2, 0) is 4.74 Å². The van der Waals surface area contributed by atoms with E-state index in [9.17, 15) is 0 Å². The molecule has 1 N–H and O–H groups in total. The Kier molecular flexibility index (Phi) is 8.01. The molecule has 0 aromatic carbocycles. The molecule has 0 aromatic heterocycles. The average Bonchev–Trinajstić information content (AvgIpc) is 2.85. The summed E-state index contributed by atoms with van der Waals surface area (Å²) in [4.78, 5) is 0. The van der Waals surface area contributed by atoms with E-state index in [1.54, 1.807) is 0 Å². The van der Waals surface area contributed by atoms with Crippen LogP contribution in [0.4, 0.5) is 0 Å². The number of rotatable bonds is 9. The Labute approximate surface area is 120 Å². The Morgan fingerprint density at radius 3 is 2.42 bits per heavy atom. The molecule has 19 heavy (non-hydrogen) atoms. The molecular formula is C17H35NO. The van der Waals surface area contributed by atoms with Crippen molar-refractivity contribution in [2.45, 2.75) is 78.2 Å². The second-order valence-electron chi connectivity index (χ2n) is 7.19. The van der Waals surface area contributed by atoms with E-state index in [0.717, 1.165) is 31.6 Å². The third-order valence-corrected chi connectivity index (χ3v) is 4.24. The third kappa shape index (κ3) is 7.94. The largest absolute Gasteiger partial charge is 0.381 e.